The largest absolute Gasteiger partial charge is 0.379 e. The Morgan fingerprint density at radius 1 is 1.02 bits per heavy atom. The van der Waals surface area contributed by atoms with Crippen LogP contribution in [0.15, 0.2) is 53.6 Å². The van der Waals surface area contributed by atoms with Crippen molar-refractivity contribution in [2.24, 2.45) is 0 Å². The number of ether oxygens (including phenoxy) is 1. The zero-order valence-electron chi connectivity index (χ0n) is 22.5. The lowest BCUT2D eigenvalue weighted by Crippen LogP contribution is -2.26. The first-order valence-electron chi connectivity index (χ1n) is 13.3. The molecule has 0 spiro atoms. The Morgan fingerprint density at radius 3 is 2.73 bits per heavy atom. The molecule has 0 bridgehead atoms. The number of benzene rings is 1. The first-order chi connectivity index (χ1) is 19.4. The minimum Gasteiger partial charge on any atom is -0.379 e. The quantitative estimate of drug-likeness (QED) is 0.296. The molecule has 40 heavy (non-hydrogen) atoms. The standard InChI is InChI=1S/C29H29N9O2/c1-16-11-25(33-17(2)32-16)36-26-12-23(27-21(35-26)7-9-30-29(27)39)34-22-6-4-5-19-20-13-31-38(18-8-10-40-15-18)24(20)14-37(3)28(19)22/h4-7,9,11-13,18H,8,10,14-15H2,1-3H3,(H,30,39)(H2,32,33,34,35,36)/t18-/m1/s1. The lowest BCUT2D eigenvalue weighted by molar-refractivity contribution is 0.184. The van der Waals surface area contributed by atoms with Gasteiger partial charge in [-0.3, -0.25) is 9.48 Å². The normalized spacial score (nSPS) is 16.2. The maximum Gasteiger partial charge on any atom is 0.259 e. The van der Waals surface area contributed by atoms with E-state index < -0.39 is 0 Å². The third-order valence-electron chi connectivity index (χ3n) is 7.47. The van der Waals surface area contributed by atoms with Crippen molar-refractivity contribution in [3.63, 3.8) is 0 Å². The van der Waals surface area contributed by atoms with Crippen molar-refractivity contribution in [1.82, 2.24) is 29.7 Å². The number of aryl methyl sites for hydroxylation is 2. The highest BCUT2D eigenvalue weighted by Gasteiger charge is 2.30. The van der Waals surface area contributed by atoms with Crippen molar-refractivity contribution in [3.05, 3.63) is 76.4 Å². The molecule has 7 rings (SSSR count). The SMILES string of the molecule is Cc1cc(Nc2cc(Nc3cccc4c3N(C)Cc3c-4cnn3[C@@H]3CCOC3)c3c(=O)[nH]ccc3n2)nc(C)n1. The van der Waals surface area contributed by atoms with Crippen LogP contribution in [0.1, 0.15) is 29.7 Å². The van der Waals surface area contributed by atoms with Gasteiger partial charge in [0.1, 0.15) is 17.5 Å². The Morgan fingerprint density at radius 2 is 1.90 bits per heavy atom. The number of aromatic amines is 1. The van der Waals surface area contributed by atoms with E-state index in [1.807, 2.05) is 44.3 Å². The third-order valence-corrected chi connectivity index (χ3v) is 7.47. The van der Waals surface area contributed by atoms with E-state index in [0.29, 0.717) is 47.2 Å². The van der Waals surface area contributed by atoms with Crippen LogP contribution in [-0.2, 0) is 11.3 Å². The van der Waals surface area contributed by atoms with Crippen LogP contribution in [0.5, 0.6) is 0 Å². The second kappa shape index (κ2) is 9.45. The number of hydrogen-bond donors (Lipinski definition) is 3. The fourth-order valence-electron chi connectivity index (χ4n) is 5.79. The summed E-state index contributed by atoms with van der Waals surface area (Å²) in [6.45, 7) is 5.96. The number of nitrogens with zero attached hydrogens (tertiary/aromatic N) is 6. The van der Waals surface area contributed by atoms with Crippen molar-refractivity contribution < 1.29 is 4.74 Å². The fraction of sp³-hybridized carbons (Fsp3) is 0.276. The van der Waals surface area contributed by atoms with Crippen molar-refractivity contribution >= 4 is 39.6 Å². The molecule has 1 saturated heterocycles. The van der Waals surface area contributed by atoms with Gasteiger partial charge in [0, 0.05) is 48.8 Å². The van der Waals surface area contributed by atoms with Crippen LogP contribution in [0.2, 0.25) is 0 Å². The van der Waals surface area contributed by atoms with Crippen LogP contribution in [0.3, 0.4) is 0 Å². The molecule has 3 N–H and O–H groups in total. The van der Waals surface area contributed by atoms with Crippen LogP contribution in [-0.4, -0.2) is 50.0 Å². The van der Waals surface area contributed by atoms with Crippen LogP contribution >= 0.6 is 0 Å². The first kappa shape index (κ1) is 24.3. The molecule has 0 radical (unpaired) electrons. The number of aromatic nitrogens is 6. The fourth-order valence-corrected chi connectivity index (χ4v) is 5.79. The third kappa shape index (κ3) is 4.15. The smallest absolute Gasteiger partial charge is 0.259 e. The maximum absolute atomic E-state index is 13.0. The molecule has 2 aliphatic heterocycles. The van der Waals surface area contributed by atoms with Crippen LogP contribution < -0.4 is 21.1 Å². The van der Waals surface area contributed by atoms with Crippen molar-refractivity contribution in [1.29, 1.82) is 0 Å². The van der Waals surface area contributed by atoms with E-state index >= 15 is 0 Å². The lowest BCUT2D eigenvalue weighted by atomic mass is 9.97. The Hall–Kier alpha value is -4.77. The number of fused-ring (bicyclic) bond motifs is 4. The van der Waals surface area contributed by atoms with Gasteiger partial charge in [0.2, 0.25) is 0 Å². The van der Waals surface area contributed by atoms with Crippen LogP contribution in [0.25, 0.3) is 22.0 Å². The summed E-state index contributed by atoms with van der Waals surface area (Å²) >= 11 is 0. The number of rotatable bonds is 5. The van der Waals surface area contributed by atoms with E-state index in [-0.39, 0.29) is 11.6 Å². The zero-order chi connectivity index (χ0) is 27.4. The van der Waals surface area contributed by atoms with E-state index in [0.717, 1.165) is 41.2 Å². The van der Waals surface area contributed by atoms with Crippen molar-refractivity contribution in [2.75, 3.05) is 35.8 Å². The molecule has 0 saturated carbocycles. The van der Waals surface area contributed by atoms with Gasteiger partial charge in [0.15, 0.2) is 0 Å². The van der Waals surface area contributed by atoms with E-state index in [1.165, 1.54) is 5.69 Å². The predicted octanol–water partition coefficient (Wildman–Crippen LogP) is 4.59. The zero-order valence-corrected chi connectivity index (χ0v) is 22.5. The maximum atomic E-state index is 13.0. The highest BCUT2D eigenvalue weighted by molar-refractivity contribution is 5.98. The number of hydrogen-bond acceptors (Lipinski definition) is 9. The number of para-hydroxylation sites is 1. The molecule has 5 aromatic rings. The molecular formula is C29H29N9O2. The molecule has 202 valence electrons. The Kier molecular flexibility index (Phi) is 5.74. The van der Waals surface area contributed by atoms with Gasteiger partial charge in [-0.25, -0.2) is 15.0 Å². The van der Waals surface area contributed by atoms with Gasteiger partial charge >= 0.3 is 0 Å². The summed E-state index contributed by atoms with van der Waals surface area (Å²) in [6, 6.07) is 11.9. The number of anilines is 5. The second-order valence-corrected chi connectivity index (χ2v) is 10.3. The summed E-state index contributed by atoms with van der Waals surface area (Å²) in [4.78, 5) is 31.5. The molecule has 1 fully saturated rings. The molecule has 0 amide bonds. The summed E-state index contributed by atoms with van der Waals surface area (Å²) in [6.07, 6.45) is 4.54. The van der Waals surface area contributed by atoms with Gasteiger partial charge in [-0.1, -0.05) is 12.1 Å². The molecule has 0 aliphatic carbocycles. The van der Waals surface area contributed by atoms with Crippen molar-refractivity contribution in [3.8, 4) is 11.1 Å². The van der Waals surface area contributed by atoms with Crippen molar-refractivity contribution in [2.45, 2.75) is 32.9 Å². The Balaban J connectivity index is 1.31. The van der Waals surface area contributed by atoms with E-state index in [4.69, 9.17) is 14.8 Å². The van der Waals surface area contributed by atoms with Crippen LogP contribution in [0.4, 0.5) is 28.7 Å². The summed E-state index contributed by atoms with van der Waals surface area (Å²) in [5.41, 5.74) is 7.19. The van der Waals surface area contributed by atoms with Gasteiger partial charge in [-0.15, -0.1) is 0 Å². The molecule has 1 atom stereocenters. The molecule has 11 nitrogen and oxygen atoms in total. The van der Waals surface area contributed by atoms with Gasteiger partial charge in [0.25, 0.3) is 5.56 Å². The average molecular weight is 536 g/mol. The lowest BCUT2D eigenvalue weighted by Gasteiger charge is -2.31. The number of pyridine rings is 2. The summed E-state index contributed by atoms with van der Waals surface area (Å²) in [5, 5.41) is 12.1. The predicted molar refractivity (Wildman–Crippen MR) is 155 cm³/mol. The summed E-state index contributed by atoms with van der Waals surface area (Å²) < 4.78 is 7.76. The molecule has 2 aliphatic rings. The van der Waals surface area contributed by atoms with Gasteiger partial charge in [-0.2, -0.15) is 5.10 Å². The molecule has 0 unspecified atom stereocenters. The molecule has 1 aromatic carbocycles. The molecular weight excluding hydrogens is 506 g/mol. The molecule has 6 heterocycles. The summed E-state index contributed by atoms with van der Waals surface area (Å²) in [7, 11) is 2.08. The van der Waals surface area contributed by atoms with Gasteiger partial charge < -0.3 is 25.3 Å². The number of nitrogens with one attached hydrogen (secondary N) is 3. The van der Waals surface area contributed by atoms with E-state index in [2.05, 4.69) is 48.3 Å². The highest BCUT2D eigenvalue weighted by atomic mass is 16.5. The summed E-state index contributed by atoms with van der Waals surface area (Å²) in [5.74, 6) is 1.88. The molecule has 4 aromatic heterocycles. The minimum absolute atomic E-state index is 0.215. The minimum atomic E-state index is -0.215. The second-order valence-electron chi connectivity index (χ2n) is 10.3. The number of H-pyrrole nitrogens is 1. The highest BCUT2D eigenvalue weighted by Crippen LogP contribution is 2.45. The monoisotopic (exact) mass is 535 g/mol. The average Bonchev–Trinajstić information content (AvgIpc) is 3.58. The Bertz CT molecular complexity index is 1800. The van der Waals surface area contributed by atoms with Gasteiger partial charge in [0.05, 0.1) is 59.0 Å². The topological polar surface area (TPSA) is 126 Å². The van der Waals surface area contributed by atoms with Gasteiger partial charge in [-0.05, 0) is 32.4 Å². The Labute approximate surface area is 230 Å². The van der Waals surface area contributed by atoms with E-state index in [1.54, 1.807) is 12.3 Å². The van der Waals surface area contributed by atoms with E-state index in [9.17, 15) is 4.79 Å². The first-order valence-corrected chi connectivity index (χ1v) is 13.3. The van der Waals surface area contributed by atoms with Crippen LogP contribution in [0, 0.1) is 13.8 Å². The molecule has 11 heteroatoms.